The highest BCUT2D eigenvalue weighted by Crippen LogP contribution is 2.47. The number of aromatic hydroxyl groups is 2. The summed E-state index contributed by atoms with van der Waals surface area (Å²) < 4.78 is 0. The van der Waals surface area contributed by atoms with Crippen molar-refractivity contribution in [1.82, 2.24) is 0 Å². The van der Waals surface area contributed by atoms with E-state index in [1.807, 2.05) is 61.5 Å². The Balaban J connectivity index is 1.89. The van der Waals surface area contributed by atoms with Crippen molar-refractivity contribution < 1.29 is 15.0 Å². The fraction of sp³-hybridized carbons (Fsp3) is 0.0800. The first kappa shape index (κ1) is 16.6. The molecule has 0 bridgehead atoms. The Hall–Kier alpha value is -3.59. The van der Waals surface area contributed by atoms with Gasteiger partial charge in [0, 0.05) is 33.4 Å². The minimum absolute atomic E-state index is 0.00412. The van der Waals surface area contributed by atoms with Gasteiger partial charge in [-0.15, -0.1) is 0 Å². The van der Waals surface area contributed by atoms with E-state index in [9.17, 15) is 15.0 Å². The lowest BCUT2D eigenvalue weighted by Crippen LogP contribution is -2.21. The normalized spacial score (nSPS) is 15.3. The number of carbonyl (C=O) groups excluding carboxylic acids is 1. The summed E-state index contributed by atoms with van der Waals surface area (Å²) in [5.74, 6) is -0.0780. The van der Waals surface area contributed by atoms with E-state index in [1.54, 1.807) is 18.2 Å². The average molecular weight is 366 g/mol. The maximum Gasteiger partial charge on any atom is 0.193 e. The summed E-state index contributed by atoms with van der Waals surface area (Å²) in [5.41, 5.74) is 4.53. The van der Waals surface area contributed by atoms with Crippen LogP contribution in [0.15, 0.2) is 72.8 Å². The van der Waals surface area contributed by atoms with Gasteiger partial charge in [0.2, 0.25) is 0 Å². The molecule has 0 aromatic heterocycles. The molecule has 5 rings (SSSR count). The number of carbonyl (C=O) groups is 1. The molecular formula is C25H18O3. The Morgan fingerprint density at radius 1 is 0.750 bits per heavy atom. The lowest BCUT2D eigenvalue weighted by molar-refractivity contribution is 0.103. The molecule has 0 aliphatic heterocycles. The molecule has 1 aliphatic carbocycles. The fourth-order valence-corrected chi connectivity index (χ4v) is 4.42. The molecule has 3 heteroatoms. The third kappa shape index (κ3) is 2.20. The zero-order chi connectivity index (χ0) is 19.4. The highest BCUT2D eigenvalue weighted by molar-refractivity contribution is 6.14. The molecule has 0 heterocycles. The summed E-state index contributed by atoms with van der Waals surface area (Å²) in [6.45, 7) is 1.93. The van der Waals surface area contributed by atoms with Crippen molar-refractivity contribution in [3.05, 3.63) is 106 Å². The van der Waals surface area contributed by atoms with E-state index in [2.05, 4.69) is 0 Å². The monoisotopic (exact) mass is 366 g/mol. The van der Waals surface area contributed by atoms with E-state index in [4.69, 9.17) is 0 Å². The van der Waals surface area contributed by atoms with Crippen LogP contribution in [0.5, 0.6) is 11.5 Å². The molecule has 4 aromatic rings. The van der Waals surface area contributed by atoms with Crippen LogP contribution in [0, 0.1) is 6.92 Å². The Morgan fingerprint density at radius 2 is 1.43 bits per heavy atom. The van der Waals surface area contributed by atoms with E-state index in [0.29, 0.717) is 27.5 Å². The van der Waals surface area contributed by atoms with Crippen molar-refractivity contribution in [1.29, 1.82) is 0 Å². The smallest absolute Gasteiger partial charge is 0.193 e. The van der Waals surface area contributed by atoms with Crippen LogP contribution in [-0.2, 0) is 0 Å². The number of fused-ring (bicyclic) bond motifs is 3. The van der Waals surface area contributed by atoms with Crippen LogP contribution in [0.3, 0.4) is 0 Å². The van der Waals surface area contributed by atoms with Crippen LogP contribution >= 0.6 is 0 Å². The molecule has 1 atom stereocenters. The second-order valence-electron chi connectivity index (χ2n) is 7.27. The van der Waals surface area contributed by atoms with Gasteiger partial charge in [0.25, 0.3) is 0 Å². The molecule has 3 nitrogen and oxygen atoms in total. The lowest BCUT2D eigenvalue weighted by atomic mass is 9.72. The van der Waals surface area contributed by atoms with Gasteiger partial charge in [-0.2, -0.15) is 0 Å². The Labute approximate surface area is 162 Å². The lowest BCUT2D eigenvalue weighted by Gasteiger charge is -2.29. The van der Waals surface area contributed by atoms with Gasteiger partial charge in [-0.1, -0.05) is 66.7 Å². The third-order valence-electron chi connectivity index (χ3n) is 5.69. The Bertz CT molecular complexity index is 1270. The number of hydrogen-bond acceptors (Lipinski definition) is 3. The topological polar surface area (TPSA) is 57.5 Å². The minimum Gasteiger partial charge on any atom is -0.507 e. The van der Waals surface area contributed by atoms with Crippen molar-refractivity contribution in [2.75, 3.05) is 0 Å². The second-order valence-corrected chi connectivity index (χ2v) is 7.27. The van der Waals surface area contributed by atoms with Crippen molar-refractivity contribution in [3.63, 3.8) is 0 Å². The molecule has 0 radical (unpaired) electrons. The molecule has 28 heavy (non-hydrogen) atoms. The van der Waals surface area contributed by atoms with Crippen molar-refractivity contribution in [3.8, 4) is 11.5 Å². The molecule has 1 aliphatic rings. The number of hydrogen-bond donors (Lipinski definition) is 2. The number of phenols is 2. The van der Waals surface area contributed by atoms with Gasteiger partial charge in [-0.3, -0.25) is 4.79 Å². The second kappa shape index (κ2) is 5.96. The van der Waals surface area contributed by atoms with Crippen LogP contribution < -0.4 is 0 Å². The van der Waals surface area contributed by atoms with Gasteiger partial charge < -0.3 is 10.2 Å². The van der Waals surface area contributed by atoms with Crippen LogP contribution in [0.4, 0.5) is 0 Å². The van der Waals surface area contributed by atoms with Gasteiger partial charge in [0.1, 0.15) is 11.5 Å². The zero-order valence-corrected chi connectivity index (χ0v) is 15.3. The summed E-state index contributed by atoms with van der Waals surface area (Å²) in [6, 6.07) is 22.2. The maximum atomic E-state index is 13.2. The predicted molar refractivity (Wildman–Crippen MR) is 109 cm³/mol. The van der Waals surface area contributed by atoms with Crippen molar-refractivity contribution in [2.45, 2.75) is 12.8 Å². The molecule has 4 aromatic carbocycles. The molecule has 0 spiro atoms. The Kier molecular flexibility index (Phi) is 3.53. The quantitative estimate of drug-likeness (QED) is 0.397. The zero-order valence-electron chi connectivity index (χ0n) is 15.3. The number of rotatable bonds is 1. The standard InChI is InChI=1S/C25H18O3/c1-14-7-6-12-19-22(14)25(28)18-11-5-3-9-16(18)23(19)20-13-21(26)15-8-2-4-10-17(15)24(20)27/h2-13,23,26-27H,1H3. The fourth-order valence-electron chi connectivity index (χ4n) is 4.42. The highest BCUT2D eigenvalue weighted by Gasteiger charge is 2.34. The minimum atomic E-state index is -0.334. The first-order valence-electron chi connectivity index (χ1n) is 9.24. The van der Waals surface area contributed by atoms with E-state index < -0.39 is 0 Å². The summed E-state index contributed by atoms with van der Waals surface area (Å²) >= 11 is 0. The summed E-state index contributed by atoms with van der Waals surface area (Å²) in [6.07, 6.45) is 0. The molecule has 136 valence electrons. The SMILES string of the molecule is Cc1cccc2c1C(=O)c1ccccc1C2c1cc(O)c2ccccc2c1O. The number of ketones is 1. The van der Waals surface area contributed by atoms with Gasteiger partial charge in [-0.25, -0.2) is 0 Å². The molecule has 2 N–H and O–H groups in total. The largest absolute Gasteiger partial charge is 0.507 e. The molecule has 0 saturated heterocycles. The average Bonchev–Trinajstić information content (AvgIpc) is 2.72. The van der Waals surface area contributed by atoms with Crippen LogP contribution in [0.1, 0.15) is 44.1 Å². The van der Waals surface area contributed by atoms with E-state index >= 15 is 0 Å². The molecule has 1 unspecified atom stereocenters. The van der Waals surface area contributed by atoms with Crippen molar-refractivity contribution >= 4 is 16.6 Å². The van der Waals surface area contributed by atoms with Crippen LogP contribution in [0.2, 0.25) is 0 Å². The first-order valence-corrected chi connectivity index (χ1v) is 9.24. The third-order valence-corrected chi connectivity index (χ3v) is 5.69. The van der Waals surface area contributed by atoms with Gasteiger partial charge in [0.05, 0.1) is 0 Å². The van der Waals surface area contributed by atoms with Gasteiger partial charge >= 0.3 is 0 Å². The summed E-state index contributed by atoms with van der Waals surface area (Å²) in [5, 5.41) is 23.0. The predicted octanol–water partition coefficient (Wildman–Crippen LogP) is 5.28. The first-order chi connectivity index (χ1) is 13.6. The van der Waals surface area contributed by atoms with Crippen LogP contribution in [-0.4, -0.2) is 16.0 Å². The number of benzene rings is 4. The number of aryl methyl sites for hydroxylation is 1. The van der Waals surface area contributed by atoms with Gasteiger partial charge in [-0.05, 0) is 29.7 Å². The van der Waals surface area contributed by atoms with E-state index in [-0.39, 0.29) is 23.2 Å². The molecule has 0 amide bonds. The molecular weight excluding hydrogens is 348 g/mol. The Morgan fingerprint density at radius 3 is 2.25 bits per heavy atom. The van der Waals surface area contributed by atoms with Gasteiger partial charge in [0.15, 0.2) is 5.78 Å². The summed E-state index contributed by atoms with van der Waals surface area (Å²) in [4.78, 5) is 13.2. The number of phenolic OH excluding ortho intramolecular Hbond substituents is 2. The summed E-state index contributed by atoms with van der Waals surface area (Å²) in [7, 11) is 0. The van der Waals surface area contributed by atoms with E-state index in [1.165, 1.54) is 0 Å². The molecule has 0 fully saturated rings. The van der Waals surface area contributed by atoms with Crippen molar-refractivity contribution in [2.24, 2.45) is 0 Å². The highest BCUT2D eigenvalue weighted by atomic mass is 16.3. The van der Waals surface area contributed by atoms with E-state index in [0.717, 1.165) is 16.7 Å². The van der Waals surface area contributed by atoms with Crippen LogP contribution in [0.25, 0.3) is 10.8 Å². The maximum absolute atomic E-state index is 13.2. The molecule has 0 saturated carbocycles.